The molecule has 1 heterocycles. The smallest absolute Gasteiger partial charge is 0.123 e. The van der Waals surface area contributed by atoms with Crippen molar-refractivity contribution in [3.63, 3.8) is 0 Å². The molecule has 1 aromatic rings. The van der Waals surface area contributed by atoms with Crippen molar-refractivity contribution in [2.24, 2.45) is 5.92 Å². The Kier molecular flexibility index (Phi) is 10.1. The minimum Gasteiger partial charge on any atom is -0.314 e. The molecule has 1 fully saturated rings. The van der Waals surface area contributed by atoms with Crippen LogP contribution >= 0.6 is 40.7 Å². The Balaban J connectivity index is 0.00000200. The van der Waals surface area contributed by atoms with Crippen LogP contribution in [0.5, 0.6) is 0 Å². The molecule has 0 radical (unpaired) electrons. The molecule has 1 aliphatic heterocycles. The highest BCUT2D eigenvalue weighted by molar-refractivity contribution is 9.10. The largest absolute Gasteiger partial charge is 0.314 e. The van der Waals surface area contributed by atoms with Crippen LogP contribution < -0.4 is 5.32 Å². The second kappa shape index (κ2) is 10.0. The van der Waals surface area contributed by atoms with E-state index in [2.05, 4.69) is 40.0 Å². The molecule has 1 aliphatic rings. The number of benzene rings is 1. The van der Waals surface area contributed by atoms with Crippen LogP contribution in [0.25, 0.3) is 0 Å². The van der Waals surface area contributed by atoms with Crippen molar-refractivity contribution in [3.05, 3.63) is 34.1 Å². The Hall–Kier alpha value is 0.130. The molecule has 2 atom stereocenters. The molecule has 0 spiro atoms. The molecule has 122 valence electrons. The standard InChI is InChI=1S/C15H22BrFN2.2ClH/c1-3-11(2)15(19-8-6-18-7-9-19)13-10-12(17)4-5-14(13)16;;/h4-5,10-11,15,18H,3,6-9H2,1-2H3;2*1H/t11?,15-;;/m1../s1. The van der Waals surface area contributed by atoms with Crippen molar-refractivity contribution >= 4 is 40.7 Å². The van der Waals surface area contributed by atoms with Gasteiger partial charge in [-0.05, 0) is 29.7 Å². The maximum absolute atomic E-state index is 13.6. The predicted molar refractivity (Wildman–Crippen MR) is 95.2 cm³/mol. The number of rotatable bonds is 4. The van der Waals surface area contributed by atoms with Gasteiger partial charge in [0.15, 0.2) is 0 Å². The van der Waals surface area contributed by atoms with Crippen molar-refractivity contribution in [1.29, 1.82) is 0 Å². The normalized spacial score (nSPS) is 18.3. The summed E-state index contributed by atoms with van der Waals surface area (Å²) in [5.74, 6) is 0.359. The van der Waals surface area contributed by atoms with Crippen LogP contribution in [0.1, 0.15) is 31.9 Å². The maximum Gasteiger partial charge on any atom is 0.123 e. The third kappa shape index (κ3) is 5.36. The summed E-state index contributed by atoms with van der Waals surface area (Å²) in [7, 11) is 0. The quantitative estimate of drug-likeness (QED) is 0.802. The van der Waals surface area contributed by atoms with Gasteiger partial charge in [0, 0.05) is 36.7 Å². The lowest BCUT2D eigenvalue weighted by Crippen LogP contribution is -2.46. The van der Waals surface area contributed by atoms with Crippen LogP contribution in [-0.2, 0) is 0 Å². The van der Waals surface area contributed by atoms with Gasteiger partial charge in [-0.25, -0.2) is 4.39 Å². The van der Waals surface area contributed by atoms with Gasteiger partial charge in [-0.3, -0.25) is 4.90 Å². The van der Waals surface area contributed by atoms with E-state index >= 15 is 0 Å². The zero-order chi connectivity index (χ0) is 13.8. The van der Waals surface area contributed by atoms with Crippen molar-refractivity contribution in [1.82, 2.24) is 10.2 Å². The Morgan fingerprint density at radius 3 is 2.48 bits per heavy atom. The van der Waals surface area contributed by atoms with Crippen LogP contribution in [-0.4, -0.2) is 31.1 Å². The first-order valence-electron chi connectivity index (χ1n) is 7.03. The lowest BCUT2D eigenvalue weighted by Gasteiger charge is -2.39. The van der Waals surface area contributed by atoms with Gasteiger partial charge in [-0.2, -0.15) is 0 Å². The Morgan fingerprint density at radius 2 is 1.90 bits per heavy atom. The molecule has 1 N–H and O–H groups in total. The summed E-state index contributed by atoms with van der Waals surface area (Å²) in [5.41, 5.74) is 1.08. The summed E-state index contributed by atoms with van der Waals surface area (Å²) in [6.45, 7) is 8.53. The van der Waals surface area contributed by atoms with Gasteiger partial charge < -0.3 is 5.32 Å². The van der Waals surface area contributed by atoms with E-state index in [1.807, 2.05) is 6.07 Å². The average Bonchev–Trinajstić information content (AvgIpc) is 2.44. The van der Waals surface area contributed by atoms with E-state index in [0.717, 1.165) is 42.6 Å². The first kappa shape index (κ1) is 21.1. The molecule has 21 heavy (non-hydrogen) atoms. The Morgan fingerprint density at radius 1 is 1.29 bits per heavy atom. The molecule has 0 amide bonds. The third-order valence-electron chi connectivity index (χ3n) is 4.00. The highest BCUT2D eigenvalue weighted by Gasteiger charge is 2.28. The number of hydrogen-bond donors (Lipinski definition) is 1. The molecule has 0 bridgehead atoms. The van der Waals surface area contributed by atoms with Gasteiger partial charge in [-0.15, -0.1) is 24.8 Å². The van der Waals surface area contributed by atoms with E-state index in [1.165, 1.54) is 6.07 Å². The van der Waals surface area contributed by atoms with Crippen molar-refractivity contribution < 1.29 is 4.39 Å². The van der Waals surface area contributed by atoms with Crippen molar-refractivity contribution in [2.45, 2.75) is 26.3 Å². The number of piperazine rings is 1. The molecule has 6 heteroatoms. The van der Waals surface area contributed by atoms with Gasteiger partial charge in [0.05, 0.1) is 0 Å². The van der Waals surface area contributed by atoms with Crippen LogP contribution in [0.2, 0.25) is 0 Å². The van der Waals surface area contributed by atoms with E-state index < -0.39 is 0 Å². The lowest BCUT2D eigenvalue weighted by molar-refractivity contribution is 0.128. The van der Waals surface area contributed by atoms with Gasteiger partial charge in [-0.1, -0.05) is 36.2 Å². The molecule has 1 aromatic carbocycles. The molecular weight excluding hydrogens is 378 g/mol. The van der Waals surface area contributed by atoms with Gasteiger partial charge >= 0.3 is 0 Å². The van der Waals surface area contributed by atoms with E-state index in [9.17, 15) is 4.39 Å². The lowest BCUT2D eigenvalue weighted by atomic mass is 9.90. The summed E-state index contributed by atoms with van der Waals surface area (Å²) in [4.78, 5) is 2.48. The predicted octanol–water partition coefficient (Wildman–Crippen LogP) is 4.42. The molecule has 1 saturated heterocycles. The second-order valence-corrected chi connectivity index (χ2v) is 6.14. The topological polar surface area (TPSA) is 15.3 Å². The fraction of sp³-hybridized carbons (Fsp3) is 0.600. The van der Waals surface area contributed by atoms with E-state index in [1.54, 1.807) is 6.07 Å². The highest BCUT2D eigenvalue weighted by Crippen LogP contribution is 2.35. The summed E-state index contributed by atoms with van der Waals surface area (Å²) >= 11 is 3.59. The molecular formula is C15H24BrCl2FN2. The summed E-state index contributed by atoms with van der Waals surface area (Å²) in [5, 5.41) is 3.38. The monoisotopic (exact) mass is 400 g/mol. The molecule has 0 saturated carbocycles. The van der Waals surface area contributed by atoms with Crippen LogP contribution in [0.15, 0.2) is 22.7 Å². The number of nitrogens with one attached hydrogen (secondary N) is 1. The summed E-state index contributed by atoms with van der Waals surface area (Å²) in [6, 6.07) is 5.31. The Labute approximate surface area is 147 Å². The zero-order valence-electron chi connectivity index (χ0n) is 12.4. The van der Waals surface area contributed by atoms with Crippen molar-refractivity contribution in [3.8, 4) is 0 Å². The number of hydrogen-bond acceptors (Lipinski definition) is 2. The molecule has 2 nitrogen and oxygen atoms in total. The molecule has 0 aromatic heterocycles. The van der Waals surface area contributed by atoms with Crippen LogP contribution in [0.3, 0.4) is 0 Å². The number of halogens is 4. The Bertz CT molecular complexity index is 428. The van der Waals surface area contributed by atoms with Gasteiger partial charge in [0.1, 0.15) is 5.82 Å². The fourth-order valence-electron chi connectivity index (χ4n) is 2.79. The number of nitrogens with zero attached hydrogens (tertiary/aromatic N) is 1. The minimum atomic E-state index is -0.151. The first-order chi connectivity index (χ1) is 9.13. The summed E-state index contributed by atoms with van der Waals surface area (Å²) in [6.07, 6.45) is 1.09. The fourth-order valence-corrected chi connectivity index (χ4v) is 3.27. The maximum atomic E-state index is 13.6. The molecule has 1 unspecified atom stereocenters. The van der Waals surface area contributed by atoms with Crippen molar-refractivity contribution in [2.75, 3.05) is 26.2 Å². The minimum absolute atomic E-state index is 0. The molecule has 2 rings (SSSR count). The third-order valence-corrected chi connectivity index (χ3v) is 4.73. The zero-order valence-corrected chi connectivity index (χ0v) is 15.7. The SMILES string of the molecule is CCC(C)[C@H](c1cc(F)ccc1Br)N1CCNCC1.Cl.Cl. The van der Waals surface area contributed by atoms with E-state index in [0.29, 0.717) is 5.92 Å². The molecule has 0 aliphatic carbocycles. The highest BCUT2D eigenvalue weighted by atomic mass is 79.9. The van der Waals surface area contributed by atoms with Gasteiger partial charge in [0.25, 0.3) is 0 Å². The average molecular weight is 402 g/mol. The van der Waals surface area contributed by atoms with Crippen LogP contribution in [0.4, 0.5) is 4.39 Å². The van der Waals surface area contributed by atoms with E-state index in [-0.39, 0.29) is 36.7 Å². The first-order valence-corrected chi connectivity index (χ1v) is 7.82. The van der Waals surface area contributed by atoms with E-state index in [4.69, 9.17) is 0 Å². The second-order valence-electron chi connectivity index (χ2n) is 5.28. The van der Waals surface area contributed by atoms with Gasteiger partial charge in [0.2, 0.25) is 0 Å². The summed E-state index contributed by atoms with van der Waals surface area (Å²) < 4.78 is 14.6. The van der Waals surface area contributed by atoms with Crippen LogP contribution in [0, 0.1) is 11.7 Å².